The number of allylic oxidation sites excluding steroid dienone is 3. The van der Waals surface area contributed by atoms with Gasteiger partial charge in [0.1, 0.15) is 12.1 Å². The molecule has 3 aliphatic rings. The highest BCUT2D eigenvalue weighted by Crippen LogP contribution is 2.25. The lowest BCUT2D eigenvalue weighted by Crippen LogP contribution is -2.50. The lowest BCUT2D eigenvalue weighted by Gasteiger charge is -2.38. The Labute approximate surface area is 229 Å². The smallest absolute Gasteiger partial charge is 0.253 e. The summed E-state index contributed by atoms with van der Waals surface area (Å²) >= 11 is 0. The van der Waals surface area contributed by atoms with Gasteiger partial charge in [-0.25, -0.2) is 0 Å². The number of hydrogen-bond acceptors (Lipinski definition) is 6. The molecule has 0 atom stereocenters. The van der Waals surface area contributed by atoms with Crippen LogP contribution in [-0.4, -0.2) is 72.3 Å². The van der Waals surface area contributed by atoms with Gasteiger partial charge in [0.2, 0.25) is 5.91 Å². The first-order valence-corrected chi connectivity index (χ1v) is 13.4. The molecule has 5 rings (SSSR count). The number of rotatable bonds is 5. The van der Waals surface area contributed by atoms with Gasteiger partial charge >= 0.3 is 0 Å². The van der Waals surface area contributed by atoms with Crippen LogP contribution in [0, 0.1) is 29.6 Å². The highest BCUT2D eigenvalue weighted by molar-refractivity contribution is 5.94. The van der Waals surface area contributed by atoms with Crippen LogP contribution in [0.5, 0.6) is 0 Å². The van der Waals surface area contributed by atoms with E-state index in [1.54, 1.807) is 6.07 Å². The Kier molecular flexibility index (Phi) is 7.65. The summed E-state index contributed by atoms with van der Waals surface area (Å²) in [6, 6.07) is 17.6. The highest BCUT2D eigenvalue weighted by Gasteiger charge is 2.28. The van der Waals surface area contributed by atoms with E-state index in [0.717, 1.165) is 40.9 Å². The molecule has 0 unspecified atom stereocenters. The van der Waals surface area contributed by atoms with E-state index < -0.39 is 0 Å². The van der Waals surface area contributed by atoms with Crippen molar-refractivity contribution < 1.29 is 9.59 Å². The Balaban J connectivity index is 1.22. The van der Waals surface area contributed by atoms with Crippen LogP contribution in [0.1, 0.15) is 39.9 Å². The molecule has 2 aromatic carbocycles. The van der Waals surface area contributed by atoms with Crippen molar-refractivity contribution in [1.82, 2.24) is 14.7 Å². The molecule has 1 aliphatic carbocycles. The van der Waals surface area contributed by atoms with Crippen molar-refractivity contribution >= 4 is 17.5 Å². The van der Waals surface area contributed by atoms with Gasteiger partial charge in [-0.1, -0.05) is 30.4 Å². The number of aryl methyl sites for hydroxylation is 1. The molecule has 0 aromatic heterocycles. The number of nitriles is 2. The summed E-state index contributed by atoms with van der Waals surface area (Å²) in [4.78, 5) is 34.3. The van der Waals surface area contributed by atoms with Crippen LogP contribution in [-0.2, 0) is 11.3 Å². The van der Waals surface area contributed by atoms with Crippen LogP contribution >= 0.6 is 0 Å². The van der Waals surface area contributed by atoms with Crippen molar-refractivity contribution in [2.45, 2.75) is 26.3 Å². The second-order valence-corrected chi connectivity index (χ2v) is 10.2. The lowest BCUT2D eigenvalue weighted by atomic mass is 10.0. The maximum absolute atomic E-state index is 13.4. The van der Waals surface area contributed by atoms with E-state index in [2.05, 4.69) is 23.1 Å². The number of carbonyl (C=O) groups is 2. The number of hydrogen-bond donors (Lipinski definition) is 0. The van der Waals surface area contributed by atoms with Gasteiger partial charge in [0.25, 0.3) is 5.91 Å². The quantitative estimate of drug-likeness (QED) is 0.598. The lowest BCUT2D eigenvalue weighted by molar-refractivity contribution is -0.131. The average molecular weight is 521 g/mol. The van der Waals surface area contributed by atoms with Gasteiger partial charge in [-0.3, -0.25) is 9.59 Å². The fourth-order valence-electron chi connectivity index (χ4n) is 5.50. The van der Waals surface area contributed by atoms with Crippen molar-refractivity contribution in [3.8, 4) is 12.1 Å². The molecule has 2 amide bonds. The Morgan fingerprint density at radius 2 is 1.64 bits per heavy atom. The van der Waals surface area contributed by atoms with E-state index >= 15 is 0 Å². The van der Waals surface area contributed by atoms with E-state index in [0.29, 0.717) is 56.9 Å². The molecule has 0 bridgehead atoms. The van der Waals surface area contributed by atoms with Crippen molar-refractivity contribution in [3.05, 3.63) is 88.1 Å². The molecule has 198 valence electrons. The molecule has 8 heteroatoms. The molecule has 2 aromatic rings. The normalized spacial score (nSPS) is 17.8. The molecule has 2 fully saturated rings. The van der Waals surface area contributed by atoms with E-state index in [9.17, 15) is 20.1 Å². The van der Waals surface area contributed by atoms with Crippen molar-refractivity contribution in [1.29, 1.82) is 10.5 Å². The second kappa shape index (κ2) is 11.4. The van der Waals surface area contributed by atoms with Crippen LogP contribution in [0.2, 0.25) is 0 Å². The van der Waals surface area contributed by atoms with Gasteiger partial charge in [-0.05, 0) is 55.2 Å². The summed E-state index contributed by atoms with van der Waals surface area (Å²) < 4.78 is 0. The van der Waals surface area contributed by atoms with Gasteiger partial charge in [-0.2, -0.15) is 10.5 Å². The van der Waals surface area contributed by atoms with Crippen LogP contribution in [0.15, 0.2) is 65.9 Å². The minimum absolute atomic E-state index is 0.00375. The maximum Gasteiger partial charge on any atom is 0.253 e. The first-order chi connectivity index (χ1) is 19.0. The molecule has 2 aliphatic heterocycles. The molecule has 39 heavy (non-hydrogen) atoms. The molecular weight excluding hydrogens is 488 g/mol. The Morgan fingerprint density at radius 3 is 2.38 bits per heavy atom. The minimum Gasteiger partial charge on any atom is -0.367 e. The standard InChI is InChI=1S/C31H32N6O2/c1-23-10-11-24(31(39)35-14-12-34(13-15-35)28-8-4-2-6-25(28)19-32)18-27(23)21-37-17-16-36(22-30(37)38)29-9-5-3-7-26(29)20-33/h3,5-11,18H,2,4,12-17,21-22H2,1H3. The first kappa shape index (κ1) is 26.1. The van der Waals surface area contributed by atoms with Crippen LogP contribution in [0.3, 0.4) is 0 Å². The summed E-state index contributed by atoms with van der Waals surface area (Å²) in [7, 11) is 0. The predicted octanol–water partition coefficient (Wildman–Crippen LogP) is 3.60. The summed E-state index contributed by atoms with van der Waals surface area (Å²) in [6.45, 7) is 6.46. The van der Waals surface area contributed by atoms with E-state index in [-0.39, 0.29) is 18.4 Å². The van der Waals surface area contributed by atoms with Gasteiger partial charge in [-0.15, -0.1) is 0 Å². The summed E-state index contributed by atoms with van der Waals surface area (Å²) in [6.07, 6.45) is 5.97. The third kappa shape index (κ3) is 5.51. The topological polar surface area (TPSA) is 94.7 Å². The molecule has 8 nitrogen and oxygen atoms in total. The van der Waals surface area contributed by atoms with Crippen LogP contribution in [0.25, 0.3) is 0 Å². The average Bonchev–Trinajstić information content (AvgIpc) is 2.98. The number of carbonyl (C=O) groups excluding carboxylic acids is 2. The van der Waals surface area contributed by atoms with Crippen LogP contribution < -0.4 is 4.90 Å². The Bertz CT molecular complexity index is 1420. The zero-order valence-electron chi connectivity index (χ0n) is 22.3. The number of piperazine rings is 2. The van der Waals surface area contributed by atoms with E-state index in [1.807, 2.05) is 64.1 Å². The number of amides is 2. The first-order valence-electron chi connectivity index (χ1n) is 13.4. The Hall–Kier alpha value is -4.56. The van der Waals surface area contributed by atoms with Crippen molar-refractivity contribution in [3.63, 3.8) is 0 Å². The van der Waals surface area contributed by atoms with Gasteiger partial charge in [0.15, 0.2) is 0 Å². The second-order valence-electron chi connectivity index (χ2n) is 10.2. The summed E-state index contributed by atoms with van der Waals surface area (Å²) in [5, 5.41) is 18.9. The third-order valence-electron chi connectivity index (χ3n) is 7.80. The number of anilines is 1. The molecule has 0 radical (unpaired) electrons. The zero-order chi connectivity index (χ0) is 27.4. The molecule has 2 saturated heterocycles. The predicted molar refractivity (Wildman–Crippen MR) is 148 cm³/mol. The number of para-hydroxylation sites is 1. The fourth-order valence-corrected chi connectivity index (χ4v) is 5.50. The van der Waals surface area contributed by atoms with Crippen molar-refractivity contribution in [2.24, 2.45) is 0 Å². The van der Waals surface area contributed by atoms with Gasteiger partial charge in [0.05, 0.1) is 29.1 Å². The van der Waals surface area contributed by atoms with Gasteiger partial charge in [0, 0.05) is 51.4 Å². The largest absolute Gasteiger partial charge is 0.367 e. The SMILES string of the molecule is Cc1ccc(C(=O)N2CCN(C3=CCCC=C3C#N)CC2)cc1CN1CCN(c2ccccc2C#N)CC1=O. The summed E-state index contributed by atoms with van der Waals surface area (Å²) in [5.41, 5.74) is 5.72. The van der Waals surface area contributed by atoms with E-state index in [1.165, 1.54) is 0 Å². The maximum atomic E-state index is 13.4. The monoisotopic (exact) mass is 520 g/mol. The third-order valence-corrected chi connectivity index (χ3v) is 7.80. The molecule has 0 spiro atoms. The molecule has 0 saturated carbocycles. The number of nitrogens with zero attached hydrogens (tertiary/aromatic N) is 6. The van der Waals surface area contributed by atoms with Gasteiger partial charge < -0.3 is 19.6 Å². The van der Waals surface area contributed by atoms with Crippen LogP contribution in [0.4, 0.5) is 5.69 Å². The van der Waals surface area contributed by atoms with Crippen molar-refractivity contribution in [2.75, 3.05) is 50.7 Å². The minimum atomic E-state index is -0.00571. The molecule has 2 heterocycles. The molecular formula is C31H32N6O2. The zero-order valence-corrected chi connectivity index (χ0v) is 22.3. The molecule has 0 N–H and O–H groups in total. The fraction of sp³-hybridized carbons (Fsp3) is 0.355. The van der Waals surface area contributed by atoms with E-state index in [4.69, 9.17) is 0 Å². The Morgan fingerprint density at radius 1 is 0.897 bits per heavy atom. The highest BCUT2D eigenvalue weighted by atomic mass is 16.2. The number of benzene rings is 2. The summed E-state index contributed by atoms with van der Waals surface area (Å²) in [5.74, 6) is -0.00196.